The van der Waals surface area contributed by atoms with Crippen LogP contribution in [-0.4, -0.2) is 28.3 Å². The lowest BCUT2D eigenvalue weighted by Crippen LogP contribution is -2.30. The summed E-state index contributed by atoms with van der Waals surface area (Å²) in [6.07, 6.45) is 8.09. The van der Waals surface area contributed by atoms with Crippen molar-refractivity contribution in [3.63, 3.8) is 0 Å². The quantitative estimate of drug-likeness (QED) is 0.462. The molecule has 5 rings (SSSR count). The summed E-state index contributed by atoms with van der Waals surface area (Å²) in [6.45, 7) is 0.742. The van der Waals surface area contributed by atoms with E-state index in [0.29, 0.717) is 33.8 Å². The van der Waals surface area contributed by atoms with Crippen LogP contribution in [0.15, 0.2) is 48.7 Å². The van der Waals surface area contributed by atoms with Gasteiger partial charge in [0.2, 0.25) is 11.9 Å². The molecule has 1 aliphatic heterocycles. The molecule has 34 heavy (non-hydrogen) atoms. The zero-order valence-corrected chi connectivity index (χ0v) is 19.5. The van der Waals surface area contributed by atoms with Crippen LogP contribution in [0.1, 0.15) is 48.0 Å². The van der Waals surface area contributed by atoms with Crippen molar-refractivity contribution < 1.29 is 9.59 Å². The lowest BCUT2D eigenvalue weighted by Gasteiger charge is -2.21. The number of carbonyl (C=O) groups is 2. The molecule has 0 saturated heterocycles. The molecule has 7 nitrogen and oxygen atoms in total. The van der Waals surface area contributed by atoms with Crippen molar-refractivity contribution in [3.05, 3.63) is 64.8 Å². The second kappa shape index (κ2) is 9.81. The van der Waals surface area contributed by atoms with Gasteiger partial charge in [-0.2, -0.15) is 0 Å². The van der Waals surface area contributed by atoms with E-state index < -0.39 is 0 Å². The van der Waals surface area contributed by atoms with Gasteiger partial charge in [-0.25, -0.2) is 9.97 Å². The molecule has 0 bridgehead atoms. The van der Waals surface area contributed by atoms with E-state index in [1.54, 1.807) is 30.5 Å². The molecule has 0 atom stereocenters. The van der Waals surface area contributed by atoms with Gasteiger partial charge < -0.3 is 16.0 Å². The molecular weight excluding hydrogens is 450 g/mol. The predicted octanol–water partition coefficient (Wildman–Crippen LogP) is 5.35. The minimum Gasteiger partial charge on any atom is -0.352 e. The van der Waals surface area contributed by atoms with Crippen LogP contribution in [0.25, 0.3) is 11.3 Å². The summed E-state index contributed by atoms with van der Waals surface area (Å²) >= 11 is 6.11. The highest BCUT2D eigenvalue weighted by Gasteiger charge is 2.21. The number of fused-ring (bicyclic) bond motifs is 3. The number of nitrogens with one attached hydrogen (secondary N) is 3. The molecule has 3 aromatic rings. The minimum atomic E-state index is -0.135. The fourth-order valence-corrected chi connectivity index (χ4v) is 4.76. The SMILES string of the molecule is O=C1Cc2cnc(Nc3ccc(C(=O)NCC4CCCCC4)cc3)nc2-c2ccc(Cl)cc2N1. The number of anilines is 3. The number of hydrogen-bond donors (Lipinski definition) is 3. The van der Waals surface area contributed by atoms with Crippen LogP contribution in [-0.2, 0) is 11.2 Å². The van der Waals surface area contributed by atoms with Crippen molar-refractivity contribution in [1.29, 1.82) is 0 Å². The Kier molecular flexibility index (Phi) is 6.45. The molecule has 2 amide bonds. The molecule has 0 spiro atoms. The molecular formula is C26H26ClN5O2. The summed E-state index contributed by atoms with van der Waals surface area (Å²) in [5.41, 5.74) is 4.24. The van der Waals surface area contributed by atoms with Crippen molar-refractivity contribution in [1.82, 2.24) is 15.3 Å². The Morgan fingerprint density at radius 2 is 1.88 bits per heavy atom. The zero-order valence-electron chi connectivity index (χ0n) is 18.7. The van der Waals surface area contributed by atoms with Gasteiger partial charge in [0.05, 0.1) is 17.8 Å². The van der Waals surface area contributed by atoms with Crippen molar-refractivity contribution in [3.8, 4) is 11.3 Å². The summed E-state index contributed by atoms with van der Waals surface area (Å²) in [4.78, 5) is 33.8. The van der Waals surface area contributed by atoms with Crippen molar-refractivity contribution in [2.24, 2.45) is 5.92 Å². The molecule has 1 aliphatic carbocycles. The highest BCUT2D eigenvalue weighted by Crippen LogP contribution is 2.35. The normalized spacial score (nSPS) is 15.5. The van der Waals surface area contributed by atoms with Crippen LogP contribution in [0, 0.1) is 5.92 Å². The maximum absolute atomic E-state index is 12.5. The van der Waals surface area contributed by atoms with E-state index >= 15 is 0 Å². The van der Waals surface area contributed by atoms with Gasteiger partial charge in [-0.15, -0.1) is 0 Å². The first-order chi connectivity index (χ1) is 16.5. The number of carbonyl (C=O) groups excluding carboxylic acids is 2. The number of halogens is 1. The summed E-state index contributed by atoms with van der Waals surface area (Å²) in [7, 11) is 0. The van der Waals surface area contributed by atoms with E-state index in [4.69, 9.17) is 11.6 Å². The van der Waals surface area contributed by atoms with Crippen molar-refractivity contribution in [2.45, 2.75) is 38.5 Å². The predicted molar refractivity (Wildman–Crippen MR) is 133 cm³/mol. The Balaban J connectivity index is 1.29. The number of aromatic nitrogens is 2. The van der Waals surface area contributed by atoms with Gasteiger partial charge in [-0.05, 0) is 61.2 Å². The van der Waals surface area contributed by atoms with E-state index in [2.05, 4.69) is 25.9 Å². The Morgan fingerprint density at radius 1 is 1.09 bits per heavy atom. The standard InChI is InChI=1S/C26H26ClN5O2/c27-19-8-11-21-22(13-19)31-23(33)12-18-15-29-26(32-24(18)21)30-20-9-6-17(7-10-20)25(34)28-14-16-4-2-1-3-5-16/h6-11,13,15-16H,1-5,12,14H2,(H,28,34)(H,31,33)(H,29,30,32). The number of nitrogens with zero attached hydrogens (tertiary/aromatic N) is 2. The van der Waals surface area contributed by atoms with Gasteiger partial charge >= 0.3 is 0 Å². The monoisotopic (exact) mass is 475 g/mol. The zero-order chi connectivity index (χ0) is 23.5. The van der Waals surface area contributed by atoms with Gasteiger partial charge in [0.1, 0.15) is 0 Å². The van der Waals surface area contributed by atoms with Gasteiger partial charge in [-0.3, -0.25) is 9.59 Å². The van der Waals surface area contributed by atoms with Crippen molar-refractivity contribution >= 4 is 40.7 Å². The molecule has 2 aliphatic rings. The van der Waals surface area contributed by atoms with Gasteiger partial charge in [-0.1, -0.05) is 30.9 Å². The smallest absolute Gasteiger partial charge is 0.251 e. The Hall–Kier alpha value is -3.45. The molecule has 1 saturated carbocycles. The van der Waals surface area contributed by atoms with Crippen molar-refractivity contribution in [2.75, 3.05) is 17.2 Å². The fourth-order valence-electron chi connectivity index (χ4n) is 4.59. The van der Waals surface area contributed by atoms with E-state index in [0.717, 1.165) is 23.4 Å². The molecule has 1 aromatic heterocycles. The molecule has 3 N–H and O–H groups in total. The van der Waals surface area contributed by atoms with Gasteiger partial charge in [0, 0.05) is 40.1 Å². The van der Waals surface area contributed by atoms with Crippen LogP contribution in [0.5, 0.6) is 0 Å². The molecule has 0 radical (unpaired) electrons. The second-order valence-electron chi connectivity index (χ2n) is 8.90. The van der Waals surface area contributed by atoms with Gasteiger partial charge in [0.25, 0.3) is 5.91 Å². The van der Waals surface area contributed by atoms with E-state index in [1.165, 1.54) is 32.1 Å². The lowest BCUT2D eigenvalue weighted by atomic mass is 9.89. The molecule has 2 aromatic carbocycles. The van der Waals surface area contributed by atoms with E-state index in [1.807, 2.05) is 18.2 Å². The second-order valence-corrected chi connectivity index (χ2v) is 9.34. The third-order valence-electron chi connectivity index (χ3n) is 6.41. The van der Waals surface area contributed by atoms with Gasteiger partial charge in [0.15, 0.2) is 0 Å². The third-order valence-corrected chi connectivity index (χ3v) is 6.64. The summed E-state index contributed by atoms with van der Waals surface area (Å²) in [6, 6.07) is 12.6. The fraction of sp³-hybridized carbons (Fsp3) is 0.308. The topological polar surface area (TPSA) is 96.0 Å². The summed E-state index contributed by atoms with van der Waals surface area (Å²) in [5, 5.41) is 9.68. The first-order valence-corrected chi connectivity index (χ1v) is 12.0. The van der Waals surface area contributed by atoms with E-state index in [-0.39, 0.29) is 18.2 Å². The first kappa shape index (κ1) is 22.3. The average molecular weight is 476 g/mol. The molecule has 2 heterocycles. The average Bonchev–Trinajstić information content (AvgIpc) is 2.98. The Labute approximate surface area is 203 Å². The first-order valence-electron chi connectivity index (χ1n) is 11.7. The highest BCUT2D eigenvalue weighted by molar-refractivity contribution is 6.31. The molecule has 8 heteroatoms. The Morgan fingerprint density at radius 3 is 2.68 bits per heavy atom. The number of benzene rings is 2. The number of amides is 2. The lowest BCUT2D eigenvalue weighted by molar-refractivity contribution is -0.115. The number of rotatable bonds is 5. The van der Waals surface area contributed by atoms with Crippen LogP contribution in [0.2, 0.25) is 5.02 Å². The molecule has 0 unspecified atom stereocenters. The molecule has 1 fully saturated rings. The summed E-state index contributed by atoms with van der Waals surface area (Å²) in [5.74, 6) is 0.814. The summed E-state index contributed by atoms with van der Waals surface area (Å²) < 4.78 is 0. The maximum Gasteiger partial charge on any atom is 0.251 e. The van der Waals surface area contributed by atoms with Crippen LogP contribution < -0.4 is 16.0 Å². The van der Waals surface area contributed by atoms with Crippen LogP contribution in [0.4, 0.5) is 17.3 Å². The largest absolute Gasteiger partial charge is 0.352 e. The minimum absolute atomic E-state index is 0.0501. The number of hydrogen-bond acceptors (Lipinski definition) is 5. The Bertz CT molecular complexity index is 1220. The van der Waals surface area contributed by atoms with E-state index in [9.17, 15) is 9.59 Å². The maximum atomic E-state index is 12.5. The van der Waals surface area contributed by atoms with Crippen LogP contribution in [0.3, 0.4) is 0 Å². The van der Waals surface area contributed by atoms with Crippen LogP contribution >= 0.6 is 11.6 Å². The highest BCUT2D eigenvalue weighted by atomic mass is 35.5. The molecule has 174 valence electrons. The third kappa shape index (κ3) is 5.04.